The van der Waals surface area contributed by atoms with E-state index >= 15 is 0 Å². The van der Waals surface area contributed by atoms with E-state index in [1.807, 2.05) is 0 Å². The molecule has 2 nitrogen and oxygen atoms in total. The van der Waals surface area contributed by atoms with Crippen molar-refractivity contribution >= 4 is 27.3 Å². The van der Waals surface area contributed by atoms with Gasteiger partial charge in [-0.05, 0) is 35.2 Å². The summed E-state index contributed by atoms with van der Waals surface area (Å²) in [5, 5.41) is 3.40. The maximum Gasteiger partial charge on any atom is 0.218 e. The summed E-state index contributed by atoms with van der Waals surface area (Å²) in [6.45, 7) is 4.13. The number of carbonyl (C=O) groups is 1. The second-order valence-electron chi connectivity index (χ2n) is 4.26. The second-order valence-corrected chi connectivity index (χ2v) is 5.17. The first kappa shape index (κ1) is 11.1. The predicted molar refractivity (Wildman–Crippen MR) is 68.8 cm³/mol. The van der Waals surface area contributed by atoms with Gasteiger partial charge >= 0.3 is 0 Å². The average Bonchev–Trinajstić information content (AvgIpc) is 2.59. The Balaban J connectivity index is 2.44. The number of hydrogen-bond donors (Lipinski definition) is 1. The summed E-state index contributed by atoms with van der Waals surface area (Å²) in [6, 6.07) is 6.43. The Hall–Kier alpha value is -1.35. The summed E-state index contributed by atoms with van der Waals surface area (Å²) in [5.74, 6) is -0.0347. The highest BCUT2D eigenvalue weighted by molar-refractivity contribution is 7.17. The Morgan fingerprint density at radius 3 is 2.94 bits per heavy atom. The Morgan fingerprint density at radius 1 is 1.50 bits per heavy atom. The molecular formula is C13H15NOS. The topological polar surface area (TPSA) is 43.1 Å². The van der Waals surface area contributed by atoms with Crippen LogP contribution in [0.4, 0.5) is 0 Å². The fourth-order valence-corrected chi connectivity index (χ4v) is 3.02. The lowest BCUT2D eigenvalue weighted by molar-refractivity contribution is -0.118. The molecule has 0 radical (unpaired) electrons. The van der Waals surface area contributed by atoms with E-state index in [1.165, 1.54) is 21.2 Å². The zero-order chi connectivity index (χ0) is 11.7. The summed E-state index contributed by atoms with van der Waals surface area (Å²) >= 11 is 1.73. The van der Waals surface area contributed by atoms with Gasteiger partial charge in [-0.25, -0.2) is 0 Å². The van der Waals surface area contributed by atoms with Crippen molar-refractivity contribution in [3.63, 3.8) is 0 Å². The molecule has 1 aromatic heterocycles. The predicted octanol–water partition coefficient (Wildman–Crippen LogP) is 3.19. The van der Waals surface area contributed by atoms with Crippen molar-refractivity contribution in [2.24, 2.45) is 5.73 Å². The molecule has 0 aliphatic heterocycles. The zero-order valence-electron chi connectivity index (χ0n) is 9.49. The summed E-state index contributed by atoms with van der Waals surface area (Å²) in [4.78, 5) is 10.9. The number of nitrogens with two attached hydrogens (primary N) is 1. The van der Waals surface area contributed by atoms with Crippen LogP contribution in [0.2, 0.25) is 0 Å². The summed E-state index contributed by atoms with van der Waals surface area (Å²) in [6.07, 6.45) is 0.416. The van der Waals surface area contributed by atoms with Crippen LogP contribution in [0.25, 0.3) is 10.1 Å². The van der Waals surface area contributed by atoms with Gasteiger partial charge in [0.2, 0.25) is 5.91 Å². The lowest BCUT2D eigenvalue weighted by Gasteiger charge is -2.08. The lowest BCUT2D eigenvalue weighted by atomic mass is 9.96. The molecule has 0 spiro atoms. The molecule has 2 aromatic rings. The Morgan fingerprint density at radius 2 is 2.25 bits per heavy atom. The highest BCUT2D eigenvalue weighted by atomic mass is 32.1. The van der Waals surface area contributed by atoms with E-state index in [4.69, 9.17) is 5.73 Å². The van der Waals surface area contributed by atoms with Crippen LogP contribution in [0.5, 0.6) is 0 Å². The van der Waals surface area contributed by atoms with E-state index < -0.39 is 0 Å². The van der Waals surface area contributed by atoms with E-state index in [-0.39, 0.29) is 11.8 Å². The van der Waals surface area contributed by atoms with E-state index in [2.05, 4.69) is 37.4 Å². The number of amides is 1. The molecule has 1 amide bonds. The van der Waals surface area contributed by atoms with Crippen LogP contribution in [0.1, 0.15) is 30.4 Å². The molecular weight excluding hydrogens is 218 g/mol. The second kappa shape index (κ2) is 4.26. The quantitative estimate of drug-likeness (QED) is 0.869. The van der Waals surface area contributed by atoms with Gasteiger partial charge in [0, 0.05) is 11.1 Å². The third kappa shape index (κ3) is 2.09. The molecule has 1 atom stereocenters. The Kier molecular flexibility index (Phi) is 2.97. The van der Waals surface area contributed by atoms with Crippen molar-refractivity contribution < 1.29 is 4.79 Å². The highest BCUT2D eigenvalue weighted by Gasteiger charge is 2.13. The normalized spacial score (nSPS) is 12.9. The van der Waals surface area contributed by atoms with Gasteiger partial charge in [0.1, 0.15) is 0 Å². The molecule has 2 rings (SSSR count). The first-order valence-electron chi connectivity index (χ1n) is 5.34. The minimum atomic E-state index is -0.237. The van der Waals surface area contributed by atoms with E-state index in [0.29, 0.717) is 6.42 Å². The van der Waals surface area contributed by atoms with Crippen LogP contribution in [-0.2, 0) is 4.79 Å². The Bertz CT molecular complexity index is 530. The molecule has 0 bridgehead atoms. The molecule has 0 saturated carbocycles. The minimum Gasteiger partial charge on any atom is -0.370 e. The number of aryl methyl sites for hydroxylation is 1. The minimum absolute atomic E-state index is 0.202. The number of thiophene rings is 1. The van der Waals surface area contributed by atoms with Crippen LogP contribution < -0.4 is 5.73 Å². The maximum absolute atomic E-state index is 10.9. The number of fused-ring (bicyclic) bond motifs is 1. The third-order valence-electron chi connectivity index (χ3n) is 2.80. The molecule has 1 aromatic carbocycles. The third-order valence-corrected chi connectivity index (χ3v) is 3.78. The van der Waals surface area contributed by atoms with Crippen molar-refractivity contribution in [1.82, 2.24) is 0 Å². The first-order chi connectivity index (χ1) is 7.58. The van der Waals surface area contributed by atoms with Crippen molar-refractivity contribution in [3.8, 4) is 0 Å². The van der Waals surface area contributed by atoms with Crippen molar-refractivity contribution in [1.29, 1.82) is 0 Å². The van der Waals surface area contributed by atoms with Gasteiger partial charge in [-0.15, -0.1) is 11.3 Å². The molecule has 16 heavy (non-hydrogen) atoms. The van der Waals surface area contributed by atoms with E-state index in [1.54, 1.807) is 11.3 Å². The molecule has 3 heteroatoms. The van der Waals surface area contributed by atoms with Gasteiger partial charge in [-0.3, -0.25) is 4.79 Å². The van der Waals surface area contributed by atoms with Gasteiger partial charge < -0.3 is 5.73 Å². The van der Waals surface area contributed by atoms with Crippen molar-refractivity contribution in [3.05, 3.63) is 34.7 Å². The smallest absolute Gasteiger partial charge is 0.218 e. The zero-order valence-corrected chi connectivity index (χ0v) is 10.3. The molecule has 0 saturated heterocycles. The SMILES string of the molecule is Cc1ccc2scc(C(C)CC(N)=O)c2c1. The number of rotatable bonds is 3. The fourth-order valence-electron chi connectivity index (χ4n) is 1.96. The number of primary amides is 1. The van der Waals surface area contributed by atoms with E-state index in [9.17, 15) is 4.79 Å². The van der Waals surface area contributed by atoms with Crippen molar-refractivity contribution in [2.45, 2.75) is 26.2 Å². The van der Waals surface area contributed by atoms with Crippen LogP contribution in [0, 0.1) is 6.92 Å². The molecule has 1 unspecified atom stereocenters. The fraction of sp³-hybridized carbons (Fsp3) is 0.308. The summed E-state index contributed by atoms with van der Waals surface area (Å²) in [5.41, 5.74) is 7.72. The molecule has 0 fully saturated rings. The molecule has 0 aliphatic carbocycles. The maximum atomic E-state index is 10.9. The largest absolute Gasteiger partial charge is 0.370 e. The number of benzene rings is 1. The van der Waals surface area contributed by atoms with E-state index in [0.717, 1.165) is 0 Å². The lowest BCUT2D eigenvalue weighted by Crippen LogP contribution is -2.13. The summed E-state index contributed by atoms with van der Waals surface area (Å²) < 4.78 is 1.27. The molecule has 2 N–H and O–H groups in total. The van der Waals surface area contributed by atoms with Gasteiger partial charge in [0.15, 0.2) is 0 Å². The van der Waals surface area contributed by atoms with Crippen LogP contribution >= 0.6 is 11.3 Å². The first-order valence-corrected chi connectivity index (χ1v) is 6.22. The van der Waals surface area contributed by atoms with Crippen LogP contribution in [0.3, 0.4) is 0 Å². The van der Waals surface area contributed by atoms with Crippen LogP contribution in [0.15, 0.2) is 23.6 Å². The average molecular weight is 233 g/mol. The van der Waals surface area contributed by atoms with Gasteiger partial charge in [-0.2, -0.15) is 0 Å². The number of hydrogen-bond acceptors (Lipinski definition) is 2. The standard InChI is InChI=1S/C13H15NOS/c1-8-3-4-12-10(5-8)11(7-16-12)9(2)6-13(14)15/h3-5,7,9H,6H2,1-2H3,(H2,14,15). The van der Waals surface area contributed by atoms with Gasteiger partial charge in [0.05, 0.1) is 0 Å². The van der Waals surface area contributed by atoms with Crippen molar-refractivity contribution in [2.75, 3.05) is 0 Å². The summed E-state index contributed by atoms with van der Waals surface area (Å²) in [7, 11) is 0. The van der Waals surface area contributed by atoms with Gasteiger partial charge in [-0.1, -0.05) is 24.6 Å². The number of carbonyl (C=O) groups excluding carboxylic acids is 1. The monoisotopic (exact) mass is 233 g/mol. The molecule has 1 heterocycles. The van der Waals surface area contributed by atoms with Gasteiger partial charge in [0.25, 0.3) is 0 Å². The molecule has 0 aliphatic rings. The Labute approximate surface area is 99.1 Å². The highest BCUT2D eigenvalue weighted by Crippen LogP contribution is 2.33. The molecule has 84 valence electrons. The van der Waals surface area contributed by atoms with Crippen LogP contribution in [-0.4, -0.2) is 5.91 Å².